The zero-order valence-corrected chi connectivity index (χ0v) is 17.8. The van der Waals surface area contributed by atoms with E-state index in [1.54, 1.807) is 7.11 Å². The number of carbonyl (C=O) groups excluding carboxylic acids is 1. The summed E-state index contributed by atoms with van der Waals surface area (Å²) in [5.41, 5.74) is -1.20. The number of cyclic esters (lactones) is 1. The number of aliphatic hydroxyl groups is 1. The van der Waals surface area contributed by atoms with Gasteiger partial charge in [-0.1, -0.05) is 27.7 Å². The minimum atomic E-state index is -0.847. The fraction of sp³-hybridized carbons (Fsp3) is 0.955. The van der Waals surface area contributed by atoms with Gasteiger partial charge in [0.15, 0.2) is 5.60 Å². The van der Waals surface area contributed by atoms with Gasteiger partial charge in [0.2, 0.25) is 6.29 Å². The molecule has 0 aromatic heterocycles. The van der Waals surface area contributed by atoms with Crippen LogP contribution in [0.4, 0.5) is 0 Å². The quantitative estimate of drug-likeness (QED) is 0.701. The number of hydrogen-bond donors (Lipinski definition) is 1. The molecule has 0 radical (unpaired) electrons. The van der Waals surface area contributed by atoms with Gasteiger partial charge in [0, 0.05) is 7.11 Å². The van der Waals surface area contributed by atoms with Crippen LogP contribution in [0.15, 0.2) is 0 Å². The summed E-state index contributed by atoms with van der Waals surface area (Å²) in [6.45, 7) is 11.5. The van der Waals surface area contributed by atoms with Gasteiger partial charge < -0.3 is 19.3 Å². The zero-order chi connectivity index (χ0) is 19.9. The van der Waals surface area contributed by atoms with Crippen molar-refractivity contribution < 1.29 is 24.1 Å². The lowest BCUT2D eigenvalue weighted by Crippen LogP contribution is -2.69. The molecular formula is C22H36O5. The number of fused-ring (bicyclic) bond motifs is 3. The Kier molecular flexibility index (Phi) is 4.15. The highest BCUT2D eigenvalue weighted by Crippen LogP contribution is 2.71. The third-order valence-corrected chi connectivity index (χ3v) is 9.72. The van der Waals surface area contributed by atoms with Crippen LogP contribution in [0, 0.1) is 22.2 Å². The van der Waals surface area contributed by atoms with Crippen LogP contribution in [0.3, 0.4) is 0 Å². The van der Waals surface area contributed by atoms with Gasteiger partial charge in [0.1, 0.15) is 0 Å². The Morgan fingerprint density at radius 1 is 1.04 bits per heavy atom. The first kappa shape index (κ1) is 19.7. The summed E-state index contributed by atoms with van der Waals surface area (Å²) in [6.07, 6.45) is 5.14. The molecule has 4 aliphatic rings. The molecule has 27 heavy (non-hydrogen) atoms. The highest BCUT2D eigenvalue weighted by Gasteiger charge is 2.70. The van der Waals surface area contributed by atoms with Gasteiger partial charge in [-0.25, -0.2) is 4.79 Å². The first-order valence-electron chi connectivity index (χ1n) is 10.6. The number of aliphatic hydroxyl groups excluding tert-OH is 1. The Hall–Kier alpha value is -0.650. The van der Waals surface area contributed by atoms with Gasteiger partial charge in [0.05, 0.1) is 18.1 Å². The maximum absolute atomic E-state index is 12.6. The number of hydrogen-bond acceptors (Lipinski definition) is 5. The van der Waals surface area contributed by atoms with Crippen molar-refractivity contribution in [3.05, 3.63) is 0 Å². The average molecular weight is 381 g/mol. The molecule has 0 bridgehead atoms. The van der Waals surface area contributed by atoms with E-state index >= 15 is 0 Å². The van der Waals surface area contributed by atoms with Crippen molar-refractivity contribution in [1.29, 1.82) is 0 Å². The van der Waals surface area contributed by atoms with Crippen LogP contribution in [-0.4, -0.2) is 41.8 Å². The normalized spacial score (nSPS) is 54.3. The van der Waals surface area contributed by atoms with Gasteiger partial charge >= 0.3 is 5.97 Å². The molecule has 0 amide bonds. The van der Waals surface area contributed by atoms with E-state index in [1.165, 1.54) is 0 Å². The maximum Gasteiger partial charge on any atom is 0.340 e. The van der Waals surface area contributed by atoms with E-state index in [-0.39, 0.29) is 33.9 Å². The molecule has 2 saturated heterocycles. The van der Waals surface area contributed by atoms with E-state index in [4.69, 9.17) is 14.2 Å². The molecule has 2 heterocycles. The molecule has 7 atom stereocenters. The minimum absolute atomic E-state index is 0.0426. The van der Waals surface area contributed by atoms with Crippen molar-refractivity contribution >= 4 is 5.97 Å². The molecule has 5 heteroatoms. The smallest absolute Gasteiger partial charge is 0.340 e. The summed E-state index contributed by atoms with van der Waals surface area (Å²) in [5.74, 6) is 0.113. The topological polar surface area (TPSA) is 65.0 Å². The number of esters is 1. The van der Waals surface area contributed by atoms with E-state index in [2.05, 4.69) is 34.6 Å². The summed E-state index contributed by atoms with van der Waals surface area (Å²) in [7, 11) is 1.58. The van der Waals surface area contributed by atoms with Crippen molar-refractivity contribution in [2.45, 2.75) is 103 Å². The van der Waals surface area contributed by atoms with Crippen molar-refractivity contribution in [2.75, 3.05) is 7.11 Å². The Balaban J connectivity index is 1.68. The molecule has 2 aliphatic carbocycles. The lowest BCUT2D eigenvalue weighted by Gasteiger charge is -2.70. The zero-order valence-electron chi connectivity index (χ0n) is 17.8. The summed E-state index contributed by atoms with van der Waals surface area (Å²) in [5, 5.41) is 10.8. The molecule has 2 saturated carbocycles. The van der Waals surface area contributed by atoms with Crippen LogP contribution in [0.25, 0.3) is 0 Å². The number of methoxy groups -OCH3 is 1. The van der Waals surface area contributed by atoms with Gasteiger partial charge in [0.25, 0.3) is 0 Å². The van der Waals surface area contributed by atoms with Crippen LogP contribution in [0.2, 0.25) is 0 Å². The first-order valence-corrected chi connectivity index (χ1v) is 10.6. The number of carbonyl (C=O) groups is 1. The number of rotatable bonds is 1. The molecule has 0 aromatic carbocycles. The average Bonchev–Trinajstić information content (AvgIpc) is 2.90. The number of ether oxygens (including phenoxy) is 3. The molecule has 0 aromatic rings. The van der Waals surface area contributed by atoms with Crippen molar-refractivity contribution in [1.82, 2.24) is 0 Å². The van der Waals surface area contributed by atoms with E-state index in [1.807, 2.05) is 0 Å². The summed E-state index contributed by atoms with van der Waals surface area (Å²) < 4.78 is 17.4. The van der Waals surface area contributed by atoms with E-state index in [9.17, 15) is 9.90 Å². The molecule has 1 unspecified atom stereocenters. The Morgan fingerprint density at radius 2 is 1.74 bits per heavy atom. The van der Waals surface area contributed by atoms with Crippen molar-refractivity contribution in [3.63, 3.8) is 0 Å². The van der Waals surface area contributed by atoms with Crippen molar-refractivity contribution in [3.8, 4) is 0 Å². The molecule has 4 rings (SSSR count). The van der Waals surface area contributed by atoms with E-state index in [0.717, 1.165) is 32.1 Å². The van der Waals surface area contributed by atoms with Crippen LogP contribution in [0.5, 0.6) is 0 Å². The minimum Gasteiger partial charge on any atom is -0.433 e. The fourth-order valence-corrected chi connectivity index (χ4v) is 7.35. The highest BCUT2D eigenvalue weighted by molar-refractivity contribution is 5.82. The first-order chi connectivity index (χ1) is 12.4. The Morgan fingerprint density at radius 3 is 2.37 bits per heavy atom. The fourth-order valence-electron chi connectivity index (χ4n) is 7.35. The molecule has 2 aliphatic heterocycles. The molecule has 154 valence electrons. The van der Waals surface area contributed by atoms with Crippen LogP contribution in [0.1, 0.15) is 79.6 Å². The molecule has 5 nitrogen and oxygen atoms in total. The molecular weight excluding hydrogens is 344 g/mol. The standard InChI is InChI=1S/C22H36O5/c1-18(2)15(23)8-9-19(3)14-7-10-22(13-16(25-6)26-17(22)24)27-20(14,4)11-12-21(18,19)5/h14-16,23H,7-13H2,1-6H3/t14-,15+,16?,19-,20-,21+,22+/m0/s1. The monoisotopic (exact) mass is 380 g/mol. The third-order valence-electron chi connectivity index (χ3n) is 9.72. The largest absolute Gasteiger partial charge is 0.433 e. The molecule has 1 N–H and O–H groups in total. The lowest BCUT2D eigenvalue weighted by molar-refractivity contribution is -0.296. The van der Waals surface area contributed by atoms with Gasteiger partial charge in [-0.3, -0.25) is 0 Å². The summed E-state index contributed by atoms with van der Waals surface area (Å²) in [4.78, 5) is 12.6. The van der Waals surface area contributed by atoms with Gasteiger partial charge in [-0.15, -0.1) is 0 Å². The van der Waals surface area contributed by atoms with Gasteiger partial charge in [-0.2, -0.15) is 0 Å². The maximum atomic E-state index is 12.6. The van der Waals surface area contributed by atoms with Crippen LogP contribution in [-0.2, 0) is 19.0 Å². The SMILES string of the molecule is COC1C[C@]2(CC[C@H]3[C@]4(C)CC[C@@H](O)C(C)(C)[C@@]4(C)CC[C@]3(C)O2)C(=O)O1. The second-order valence-corrected chi connectivity index (χ2v) is 10.8. The Bertz CT molecular complexity index is 647. The van der Waals surface area contributed by atoms with Gasteiger partial charge in [-0.05, 0) is 67.6 Å². The van der Waals surface area contributed by atoms with E-state index in [0.29, 0.717) is 18.8 Å². The Labute approximate surface area is 163 Å². The highest BCUT2D eigenvalue weighted by atomic mass is 16.7. The summed E-state index contributed by atoms with van der Waals surface area (Å²) in [6, 6.07) is 0. The lowest BCUT2D eigenvalue weighted by atomic mass is 9.37. The van der Waals surface area contributed by atoms with E-state index < -0.39 is 11.9 Å². The second kappa shape index (κ2) is 5.70. The second-order valence-electron chi connectivity index (χ2n) is 10.8. The van der Waals surface area contributed by atoms with Crippen LogP contribution < -0.4 is 0 Å². The third kappa shape index (κ3) is 2.31. The predicted octanol–water partition coefficient (Wildman–Crippen LogP) is 3.82. The molecule has 1 spiro atoms. The van der Waals surface area contributed by atoms with Crippen LogP contribution >= 0.6 is 0 Å². The predicted molar refractivity (Wildman–Crippen MR) is 101 cm³/mol. The molecule has 4 fully saturated rings. The summed E-state index contributed by atoms with van der Waals surface area (Å²) >= 11 is 0. The van der Waals surface area contributed by atoms with Crippen molar-refractivity contribution in [2.24, 2.45) is 22.2 Å².